The van der Waals surface area contributed by atoms with Crippen LogP contribution in [0.2, 0.25) is 0 Å². The average molecular weight is 262 g/mol. The van der Waals surface area contributed by atoms with Crippen LogP contribution in [-0.4, -0.2) is 50.0 Å². The standard InChI is InChI=1S/C14H22N4O/c1-3-4-7-16-13(15-2)18-8-5-6-14(11-18)9-12(19)17-10-14/h1H,4-11H2,2H3,(H,15,16)(H,17,19). The van der Waals surface area contributed by atoms with E-state index in [9.17, 15) is 4.79 Å². The van der Waals surface area contributed by atoms with Crippen molar-refractivity contribution in [2.24, 2.45) is 10.4 Å². The van der Waals surface area contributed by atoms with Crippen molar-refractivity contribution in [3.8, 4) is 12.3 Å². The molecule has 0 aliphatic carbocycles. The summed E-state index contributed by atoms with van der Waals surface area (Å²) in [6.45, 7) is 3.42. The topological polar surface area (TPSA) is 56.7 Å². The number of terminal acetylenes is 1. The Morgan fingerprint density at radius 2 is 2.53 bits per heavy atom. The highest BCUT2D eigenvalue weighted by Crippen LogP contribution is 2.35. The molecule has 2 saturated heterocycles. The summed E-state index contributed by atoms with van der Waals surface area (Å²) in [4.78, 5) is 18.0. The smallest absolute Gasteiger partial charge is 0.220 e. The lowest BCUT2D eigenvalue weighted by Gasteiger charge is -2.40. The number of amides is 1. The molecule has 0 aromatic rings. The van der Waals surface area contributed by atoms with Crippen molar-refractivity contribution in [2.45, 2.75) is 25.7 Å². The van der Waals surface area contributed by atoms with Crippen LogP contribution in [-0.2, 0) is 4.79 Å². The zero-order valence-electron chi connectivity index (χ0n) is 11.5. The number of likely N-dealkylation sites (tertiary alicyclic amines) is 1. The van der Waals surface area contributed by atoms with Gasteiger partial charge in [0.15, 0.2) is 5.96 Å². The van der Waals surface area contributed by atoms with Gasteiger partial charge in [-0.05, 0) is 12.8 Å². The number of nitrogens with zero attached hydrogens (tertiary/aromatic N) is 2. The number of hydrogen-bond acceptors (Lipinski definition) is 2. The minimum absolute atomic E-state index is 0.0963. The van der Waals surface area contributed by atoms with Gasteiger partial charge in [0.05, 0.1) is 0 Å². The third-order valence-corrected chi connectivity index (χ3v) is 3.92. The Bertz CT molecular complexity index is 412. The maximum absolute atomic E-state index is 11.5. The molecule has 0 bridgehead atoms. The van der Waals surface area contributed by atoms with E-state index in [0.29, 0.717) is 12.8 Å². The first-order chi connectivity index (χ1) is 9.19. The lowest BCUT2D eigenvalue weighted by molar-refractivity contribution is -0.119. The number of hydrogen-bond donors (Lipinski definition) is 2. The zero-order chi connectivity index (χ0) is 13.7. The monoisotopic (exact) mass is 262 g/mol. The second-order valence-corrected chi connectivity index (χ2v) is 5.41. The van der Waals surface area contributed by atoms with E-state index in [1.165, 1.54) is 0 Å². The van der Waals surface area contributed by atoms with Crippen LogP contribution in [0, 0.1) is 17.8 Å². The van der Waals surface area contributed by atoms with Gasteiger partial charge in [-0.1, -0.05) is 0 Å². The molecule has 1 atom stereocenters. The molecule has 2 heterocycles. The van der Waals surface area contributed by atoms with Crippen LogP contribution < -0.4 is 10.6 Å². The van der Waals surface area contributed by atoms with E-state index in [1.807, 2.05) is 0 Å². The summed E-state index contributed by atoms with van der Waals surface area (Å²) >= 11 is 0. The molecule has 2 rings (SSSR count). The number of piperidine rings is 1. The first-order valence-corrected chi connectivity index (χ1v) is 6.85. The Balaban J connectivity index is 1.96. The number of guanidine groups is 1. The molecule has 2 aliphatic rings. The van der Waals surface area contributed by atoms with Crippen molar-refractivity contribution in [3.63, 3.8) is 0 Å². The van der Waals surface area contributed by atoms with Crippen molar-refractivity contribution >= 4 is 11.9 Å². The van der Waals surface area contributed by atoms with E-state index in [4.69, 9.17) is 6.42 Å². The van der Waals surface area contributed by atoms with Crippen molar-refractivity contribution < 1.29 is 4.79 Å². The fourth-order valence-electron chi connectivity index (χ4n) is 3.01. The van der Waals surface area contributed by atoms with Gasteiger partial charge < -0.3 is 15.5 Å². The third-order valence-electron chi connectivity index (χ3n) is 3.92. The summed E-state index contributed by atoms with van der Waals surface area (Å²) in [5, 5.41) is 6.24. The minimum atomic E-state index is 0.0963. The van der Waals surface area contributed by atoms with Gasteiger partial charge in [-0.15, -0.1) is 12.3 Å². The van der Waals surface area contributed by atoms with E-state index in [1.54, 1.807) is 7.05 Å². The molecule has 1 amide bonds. The van der Waals surface area contributed by atoms with Gasteiger partial charge in [-0.3, -0.25) is 9.79 Å². The maximum atomic E-state index is 11.5. The molecule has 1 spiro atoms. The van der Waals surface area contributed by atoms with Crippen LogP contribution >= 0.6 is 0 Å². The third kappa shape index (κ3) is 3.19. The van der Waals surface area contributed by atoms with Crippen molar-refractivity contribution in [2.75, 3.05) is 33.2 Å². The van der Waals surface area contributed by atoms with Crippen LogP contribution in [0.5, 0.6) is 0 Å². The van der Waals surface area contributed by atoms with E-state index < -0.39 is 0 Å². The fraction of sp³-hybridized carbons (Fsp3) is 0.714. The number of carbonyl (C=O) groups is 1. The first kappa shape index (κ1) is 13.7. The Hall–Kier alpha value is -1.70. The van der Waals surface area contributed by atoms with Crippen molar-refractivity contribution in [1.29, 1.82) is 0 Å². The van der Waals surface area contributed by atoms with Gasteiger partial charge in [0.1, 0.15) is 0 Å². The molecule has 19 heavy (non-hydrogen) atoms. The van der Waals surface area contributed by atoms with Crippen LogP contribution in [0.3, 0.4) is 0 Å². The molecule has 0 radical (unpaired) electrons. The summed E-state index contributed by atoms with van der Waals surface area (Å²) < 4.78 is 0. The normalized spacial score (nSPS) is 27.3. The van der Waals surface area contributed by atoms with E-state index >= 15 is 0 Å². The maximum Gasteiger partial charge on any atom is 0.220 e. The molecule has 2 N–H and O–H groups in total. The molecule has 5 heteroatoms. The fourth-order valence-corrected chi connectivity index (χ4v) is 3.01. The van der Waals surface area contributed by atoms with Gasteiger partial charge >= 0.3 is 0 Å². The number of carbonyl (C=O) groups excluding carboxylic acids is 1. The molecule has 2 fully saturated rings. The van der Waals surface area contributed by atoms with E-state index in [-0.39, 0.29) is 11.3 Å². The predicted molar refractivity (Wildman–Crippen MR) is 75.7 cm³/mol. The Kier molecular flexibility index (Phi) is 4.31. The van der Waals surface area contributed by atoms with Gasteiger partial charge in [0.25, 0.3) is 0 Å². The Labute approximate surface area is 114 Å². The highest BCUT2D eigenvalue weighted by molar-refractivity contribution is 5.81. The zero-order valence-corrected chi connectivity index (χ0v) is 11.5. The molecule has 104 valence electrons. The summed E-state index contributed by atoms with van der Waals surface area (Å²) in [6.07, 6.45) is 8.81. The molecule has 2 aliphatic heterocycles. The minimum Gasteiger partial charge on any atom is -0.355 e. The highest BCUT2D eigenvalue weighted by atomic mass is 16.1. The highest BCUT2D eigenvalue weighted by Gasteiger charge is 2.42. The molecule has 5 nitrogen and oxygen atoms in total. The van der Waals surface area contributed by atoms with Crippen molar-refractivity contribution in [3.05, 3.63) is 0 Å². The molecule has 0 aromatic heterocycles. The summed E-state index contributed by atoms with van der Waals surface area (Å²) in [7, 11) is 1.79. The van der Waals surface area contributed by atoms with Crippen LogP contribution in [0.1, 0.15) is 25.7 Å². The summed E-state index contributed by atoms with van der Waals surface area (Å²) in [5.41, 5.74) is 0.0963. The van der Waals surface area contributed by atoms with E-state index in [2.05, 4.69) is 26.4 Å². The molecule has 0 saturated carbocycles. The van der Waals surface area contributed by atoms with Crippen LogP contribution in [0.25, 0.3) is 0 Å². The molecular weight excluding hydrogens is 240 g/mol. The van der Waals surface area contributed by atoms with Crippen LogP contribution in [0.4, 0.5) is 0 Å². The predicted octanol–water partition coefficient (Wildman–Crippen LogP) is 0.187. The quantitative estimate of drug-likeness (QED) is 0.323. The second-order valence-electron chi connectivity index (χ2n) is 5.41. The lowest BCUT2D eigenvalue weighted by atomic mass is 9.79. The van der Waals surface area contributed by atoms with Gasteiger partial charge in [-0.25, -0.2) is 0 Å². The summed E-state index contributed by atoms with van der Waals surface area (Å²) in [5.74, 6) is 3.69. The summed E-state index contributed by atoms with van der Waals surface area (Å²) in [6, 6.07) is 0. The number of rotatable bonds is 2. The average Bonchev–Trinajstić information content (AvgIpc) is 2.76. The molecule has 1 unspecified atom stereocenters. The first-order valence-electron chi connectivity index (χ1n) is 6.85. The lowest BCUT2D eigenvalue weighted by Crippen LogP contribution is -2.51. The molecular formula is C14H22N4O. The SMILES string of the molecule is C#CCCNC(=NC)N1CCCC2(CNC(=O)C2)C1. The van der Waals surface area contributed by atoms with Gasteiger partial charge in [0, 0.05) is 51.5 Å². The largest absolute Gasteiger partial charge is 0.355 e. The Morgan fingerprint density at radius 1 is 1.68 bits per heavy atom. The van der Waals surface area contributed by atoms with Crippen LogP contribution in [0.15, 0.2) is 4.99 Å². The van der Waals surface area contributed by atoms with E-state index in [0.717, 1.165) is 45.0 Å². The number of aliphatic imine (C=N–C) groups is 1. The Morgan fingerprint density at radius 3 is 3.16 bits per heavy atom. The molecule has 0 aromatic carbocycles. The van der Waals surface area contributed by atoms with Crippen molar-refractivity contribution in [1.82, 2.24) is 15.5 Å². The second kappa shape index (κ2) is 5.96. The van der Waals surface area contributed by atoms with Gasteiger partial charge in [0.2, 0.25) is 5.91 Å². The van der Waals surface area contributed by atoms with Gasteiger partial charge in [-0.2, -0.15) is 0 Å². The number of nitrogens with one attached hydrogen (secondary N) is 2.